The van der Waals surface area contributed by atoms with Crippen LogP contribution < -0.4 is 5.32 Å². The topological polar surface area (TPSA) is 50.7 Å². The molecule has 2 rings (SSSR count). The van der Waals surface area contributed by atoms with Crippen molar-refractivity contribution in [3.8, 4) is 0 Å². The van der Waals surface area contributed by atoms with Crippen molar-refractivity contribution in [1.29, 1.82) is 0 Å². The second-order valence-corrected chi connectivity index (χ2v) is 3.39. The molecule has 70 valence electrons. The zero-order chi connectivity index (χ0) is 8.39. The van der Waals surface area contributed by atoms with Gasteiger partial charge in [-0.25, -0.2) is 0 Å². The molecular weight excluding hydrogens is 158 g/mol. The summed E-state index contributed by atoms with van der Waals surface area (Å²) in [6.07, 6.45) is 0.787. The number of nitrogens with one attached hydrogen (secondary N) is 1. The van der Waals surface area contributed by atoms with E-state index in [0.29, 0.717) is 13.2 Å². The van der Waals surface area contributed by atoms with Crippen LogP contribution in [0.2, 0.25) is 0 Å². The Morgan fingerprint density at radius 1 is 1.42 bits per heavy atom. The van der Waals surface area contributed by atoms with Crippen molar-refractivity contribution in [2.45, 2.75) is 24.7 Å². The highest BCUT2D eigenvalue weighted by Gasteiger charge is 2.30. The number of aliphatic hydroxyl groups excluding tert-OH is 1. The van der Waals surface area contributed by atoms with Gasteiger partial charge in [-0.1, -0.05) is 0 Å². The average Bonchev–Trinajstić information content (AvgIpc) is 2.65. The van der Waals surface area contributed by atoms with Crippen molar-refractivity contribution in [1.82, 2.24) is 5.32 Å². The first-order valence-electron chi connectivity index (χ1n) is 4.48. The lowest BCUT2D eigenvalue weighted by Gasteiger charge is -2.18. The quantitative estimate of drug-likeness (QED) is 0.569. The van der Waals surface area contributed by atoms with Crippen LogP contribution in [0.3, 0.4) is 0 Å². The highest BCUT2D eigenvalue weighted by Crippen LogP contribution is 2.14. The second-order valence-electron chi connectivity index (χ2n) is 3.39. The number of ether oxygens (including phenoxy) is 2. The van der Waals surface area contributed by atoms with Crippen LogP contribution in [0.4, 0.5) is 0 Å². The van der Waals surface area contributed by atoms with Crippen molar-refractivity contribution < 1.29 is 14.6 Å². The molecular formula is C8H15NO3. The standard InChI is InChI=1S/C8H15NO3/c10-7-4-11-5-8(7)12-6-1-2-9-3-6/h6-10H,1-5H2. The van der Waals surface area contributed by atoms with Crippen LogP contribution in [0.25, 0.3) is 0 Å². The second kappa shape index (κ2) is 3.70. The molecule has 2 aliphatic rings. The van der Waals surface area contributed by atoms with Gasteiger partial charge in [0.2, 0.25) is 0 Å². The minimum atomic E-state index is -0.425. The normalized spacial score (nSPS) is 42.2. The van der Waals surface area contributed by atoms with Gasteiger partial charge in [-0.05, 0) is 13.0 Å². The molecule has 0 radical (unpaired) electrons. The molecule has 0 bridgehead atoms. The molecule has 0 aromatic rings. The van der Waals surface area contributed by atoms with Gasteiger partial charge in [-0.2, -0.15) is 0 Å². The zero-order valence-electron chi connectivity index (χ0n) is 7.03. The fourth-order valence-corrected chi connectivity index (χ4v) is 1.64. The van der Waals surface area contributed by atoms with E-state index >= 15 is 0 Å². The van der Waals surface area contributed by atoms with Crippen molar-refractivity contribution in [3.05, 3.63) is 0 Å². The summed E-state index contributed by atoms with van der Waals surface area (Å²) in [6, 6.07) is 0. The van der Waals surface area contributed by atoms with E-state index in [9.17, 15) is 5.11 Å². The summed E-state index contributed by atoms with van der Waals surface area (Å²) in [5.74, 6) is 0. The van der Waals surface area contributed by atoms with E-state index in [2.05, 4.69) is 5.32 Å². The average molecular weight is 173 g/mol. The van der Waals surface area contributed by atoms with E-state index in [0.717, 1.165) is 19.5 Å². The molecule has 2 aliphatic heterocycles. The van der Waals surface area contributed by atoms with Gasteiger partial charge in [0.25, 0.3) is 0 Å². The van der Waals surface area contributed by atoms with Crippen molar-refractivity contribution >= 4 is 0 Å². The zero-order valence-corrected chi connectivity index (χ0v) is 7.03. The monoisotopic (exact) mass is 173 g/mol. The third kappa shape index (κ3) is 1.77. The molecule has 2 heterocycles. The third-order valence-electron chi connectivity index (χ3n) is 2.38. The molecule has 0 spiro atoms. The Balaban J connectivity index is 1.77. The summed E-state index contributed by atoms with van der Waals surface area (Å²) in [7, 11) is 0. The maximum atomic E-state index is 9.38. The Morgan fingerprint density at radius 3 is 2.92 bits per heavy atom. The molecule has 0 aliphatic carbocycles. The fourth-order valence-electron chi connectivity index (χ4n) is 1.64. The number of hydrogen-bond acceptors (Lipinski definition) is 4. The largest absolute Gasteiger partial charge is 0.388 e. The van der Waals surface area contributed by atoms with Crippen molar-refractivity contribution in [2.75, 3.05) is 26.3 Å². The Bertz CT molecular complexity index is 147. The Kier molecular flexibility index (Phi) is 2.60. The lowest BCUT2D eigenvalue weighted by Crippen LogP contribution is -2.32. The Hall–Kier alpha value is -0.160. The molecule has 2 fully saturated rings. The molecule has 0 aromatic heterocycles. The molecule has 2 saturated heterocycles. The lowest BCUT2D eigenvalue weighted by molar-refractivity contribution is -0.0472. The van der Waals surface area contributed by atoms with Crippen LogP contribution in [0.5, 0.6) is 0 Å². The summed E-state index contributed by atoms with van der Waals surface area (Å²) in [5.41, 5.74) is 0. The summed E-state index contributed by atoms with van der Waals surface area (Å²) >= 11 is 0. The van der Waals surface area contributed by atoms with E-state index in [-0.39, 0.29) is 12.2 Å². The smallest absolute Gasteiger partial charge is 0.109 e. The molecule has 12 heavy (non-hydrogen) atoms. The molecule has 4 heteroatoms. The first kappa shape index (κ1) is 8.44. The fraction of sp³-hybridized carbons (Fsp3) is 1.00. The van der Waals surface area contributed by atoms with Crippen LogP contribution in [-0.4, -0.2) is 49.7 Å². The van der Waals surface area contributed by atoms with E-state index in [1.807, 2.05) is 0 Å². The summed E-state index contributed by atoms with van der Waals surface area (Å²) in [4.78, 5) is 0. The molecule has 0 saturated carbocycles. The predicted octanol–water partition coefficient (Wildman–Crippen LogP) is -0.875. The minimum absolute atomic E-state index is 0.102. The van der Waals surface area contributed by atoms with Gasteiger partial charge in [-0.15, -0.1) is 0 Å². The van der Waals surface area contributed by atoms with E-state index in [1.54, 1.807) is 0 Å². The van der Waals surface area contributed by atoms with Crippen LogP contribution in [0.1, 0.15) is 6.42 Å². The molecule has 4 nitrogen and oxygen atoms in total. The first-order valence-corrected chi connectivity index (χ1v) is 4.48. The van der Waals surface area contributed by atoms with Gasteiger partial charge >= 0.3 is 0 Å². The molecule has 2 N–H and O–H groups in total. The molecule has 0 aromatic carbocycles. The molecule has 3 atom stereocenters. The van der Waals surface area contributed by atoms with E-state index in [1.165, 1.54) is 0 Å². The SMILES string of the molecule is OC1COCC1OC1CCNC1. The molecule has 0 amide bonds. The number of rotatable bonds is 2. The number of aliphatic hydroxyl groups is 1. The summed E-state index contributed by atoms with van der Waals surface area (Å²) < 4.78 is 10.7. The van der Waals surface area contributed by atoms with E-state index < -0.39 is 6.10 Å². The highest BCUT2D eigenvalue weighted by molar-refractivity contribution is 4.79. The van der Waals surface area contributed by atoms with Gasteiger partial charge in [-0.3, -0.25) is 0 Å². The van der Waals surface area contributed by atoms with Gasteiger partial charge in [0.15, 0.2) is 0 Å². The van der Waals surface area contributed by atoms with Crippen molar-refractivity contribution in [3.63, 3.8) is 0 Å². The highest BCUT2D eigenvalue weighted by atomic mass is 16.6. The first-order chi connectivity index (χ1) is 5.86. The van der Waals surface area contributed by atoms with Crippen LogP contribution >= 0.6 is 0 Å². The van der Waals surface area contributed by atoms with Gasteiger partial charge < -0.3 is 19.9 Å². The maximum Gasteiger partial charge on any atom is 0.109 e. The van der Waals surface area contributed by atoms with Crippen LogP contribution in [0, 0.1) is 0 Å². The minimum Gasteiger partial charge on any atom is -0.388 e. The van der Waals surface area contributed by atoms with Crippen molar-refractivity contribution in [2.24, 2.45) is 0 Å². The van der Waals surface area contributed by atoms with Gasteiger partial charge in [0, 0.05) is 6.54 Å². The molecule has 3 unspecified atom stereocenters. The van der Waals surface area contributed by atoms with Crippen LogP contribution in [0.15, 0.2) is 0 Å². The maximum absolute atomic E-state index is 9.38. The summed E-state index contributed by atoms with van der Waals surface area (Å²) in [6.45, 7) is 2.89. The predicted molar refractivity (Wildman–Crippen MR) is 43.0 cm³/mol. The Morgan fingerprint density at radius 2 is 2.33 bits per heavy atom. The van der Waals surface area contributed by atoms with E-state index in [4.69, 9.17) is 9.47 Å². The Labute approximate surface area is 71.9 Å². The number of hydrogen-bond donors (Lipinski definition) is 2. The summed E-state index contributed by atoms with van der Waals surface area (Å²) in [5, 5.41) is 12.6. The third-order valence-corrected chi connectivity index (χ3v) is 2.38. The van der Waals surface area contributed by atoms with Crippen LogP contribution in [-0.2, 0) is 9.47 Å². The van der Waals surface area contributed by atoms with Gasteiger partial charge in [0.1, 0.15) is 12.2 Å². The van der Waals surface area contributed by atoms with Gasteiger partial charge in [0.05, 0.1) is 19.3 Å². The lowest BCUT2D eigenvalue weighted by atomic mass is 10.2.